The van der Waals surface area contributed by atoms with E-state index in [0.29, 0.717) is 19.5 Å². The van der Waals surface area contributed by atoms with Gasteiger partial charge in [-0.05, 0) is 55.9 Å². The van der Waals surface area contributed by atoms with Crippen molar-refractivity contribution in [1.29, 1.82) is 0 Å². The van der Waals surface area contributed by atoms with Crippen LogP contribution in [-0.2, 0) is 17.9 Å². The number of piperidine rings is 1. The third-order valence-corrected chi connectivity index (χ3v) is 4.47. The summed E-state index contributed by atoms with van der Waals surface area (Å²) in [5, 5.41) is 3.01. The molecule has 138 valence electrons. The predicted molar refractivity (Wildman–Crippen MR) is 105 cm³/mol. The van der Waals surface area contributed by atoms with E-state index in [9.17, 15) is 4.79 Å². The molecule has 0 radical (unpaired) electrons. The first-order chi connectivity index (χ1) is 10.7. The number of hydrogen-bond donors (Lipinski definition) is 2. The first-order valence-corrected chi connectivity index (χ1v) is 8.45. The van der Waals surface area contributed by atoms with E-state index >= 15 is 0 Å². The van der Waals surface area contributed by atoms with Crippen molar-refractivity contribution < 1.29 is 4.79 Å². The second-order valence-electron chi connectivity index (χ2n) is 6.40. The van der Waals surface area contributed by atoms with Crippen LogP contribution < -0.4 is 11.1 Å². The summed E-state index contributed by atoms with van der Waals surface area (Å²) in [5.74, 6) is 0.945. The molecule has 1 aliphatic heterocycles. The molecule has 0 aliphatic carbocycles. The molecule has 1 amide bonds. The van der Waals surface area contributed by atoms with Gasteiger partial charge in [-0.25, -0.2) is 0 Å². The second-order valence-corrected chi connectivity index (χ2v) is 6.40. The Balaban J connectivity index is 0.00000264. The molecule has 1 aromatic carbocycles. The van der Waals surface area contributed by atoms with E-state index < -0.39 is 0 Å². The van der Waals surface area contributed by atoms with Gasteiger partial charge < -0.3 is 11.1 Å². The summed E-state index contributed by atoms with van der Waals surface area (Å²) in [6.07, 6.45) is 3.85. The third kappa shape index (κ3) is 7.84. The maximum absolute atomic E-state index is 11.7. The molecule has 0 unspecified atom stereocenters. The van der Waals surface area contributed by atoms with Gasteiger partial charge in [0.15, 0.2) is 0 Å². The molecule has 0 aromatic heterocycles. The molecule has 4 nitrogen and oxygen atoms in total. The van der Waals surface area contributed by atoms with Crippen LogP contribution in [-0.4, -0.2) is 30.4 Å². The third-order valence-electron chi connectivity index (χ3n) is 4.47. The van der Waals surface area contributed by atoms with Crippen LogP contribution in [0.4, 0.5) is 0 Å². The SMILES string of the molecule is CC1CCN(Cc2ccccc2CNC(=O)CCCN)CC1.Cl.Cl. The summed E-state index contributed by atoms with van der Waals surface area (Å²) < 4.78 is 0. The molecule has 0 bridgehead atoms. The fourth-order valence-electron chi connectivity index (χ4n) is 2.89. The average Bonchev–Trinajstić information content (AvgIpc) is 2.54. The lowest BCUT2D eigenvalue weighted by Crippen LogP contribution is -2.33. The second kappa shape index (κ2) is 12.5. The molecule has 0 spiro atoms. The average molecular weight is 376 g/mol. The van der Waals surface area contributed by atoms with Crippen LogP contribution in [0.15, 0.2) is 24.3 Å². The number of likely N-dealkylation sites (tertiary alicyclic amines) is 1. The van der Waals surface area contributed by atoms with E-state index in [1.165, 1.54) is 37.1 Å². The zero-order valence-electron chi connectivity index (χ0n) is 14.5. The standard InChI is InChI=1S/C18H29N3O.2ClH/c1-15-8-11-21(12-9-15)14-17-6-3-2-5-16(17)13-20-18(22)7-4-10-19;;/h2-3,5-6,15H,4,7-14,19H2,1H3,(H,20,22);2*1H. The van der Waals surface area contributed by atoms with Crippen LogP contribution in [0.2, 0.25) is 0 Å². The van der Waals surface area contributed by atoms with E-state index in [1.54, 1.807) is 0 Å². The van der Waals surface area contributed by atoms with Crippen molar-refractivity contribution in [1.82, 2.24) is 10.2 Å². The molecular formula is C18H31Cl2N3O. The summed E-state index contributed by atoms with van der Waals surface area (Å²) >= 11 is 0. The van der Waals surface area contributed by atoms with Gasteiger partial charge in [-0.2, -0.15) is 0 Å². The summed E-state index contributed by atoms with van der Waals surface area (Å²) in [6, 6.07) is 8.43. The van der Waals surface area contributed by atoms with Crippen molar-refractivity contribution in [2.24, 2.45) is 11.7 Å². The van der Waals surface area contributed by atoms with Gasteiger partial charge in [0.05, 0.1) is 0 Å². The molecule has 0 atom stereocenters. The Bertz CT molecular complexity index is 477. The van der Waals surface area contributed by atoms with Crippen molar-refractivity contribution >= 4 is 30.7 Å². The Morgan fingerprint density at radius 2 is 1.83 bits per heavy atom. The topological polar surface area (TPSA) is 58.4 Å². The minimum absolute atomic E-state index is 0. The predicted octanol–water partition coefficient (Wildman–Crippen LogP) is 3.12. The number of hydrogen-bond acceptors (Lipinski definition) is 3. The number of nitrogens with two attached hydrogens (primary N) is 1. The Morgan fingerprint density at radius 3 is 2.46 bits per heavy atom. The van der Waals surface area contributed by atoms with Gasteiger partial charge >= 0.3 is 0 Å². The molecule has 1 saturated heterocycles. The van der Waals surface area contributed by atoms with E-state index in [-0.39, 0.29) is 30.7 Å². The highest BCUT2D eigenvalue weighted by atomic mass is 35.5. The molecule has 1 aliphatic rings. The van der Waals surface area contributed by atoms with Crippen molar-refractivity contribution in [3.8, 4) is 0 Å². The molecule has 1 fully saturated rings. The normalized spacial score (nSPS) is 15.2. The zero-order valence-corrected chi connectivity index (χ0v) is 16.1. The molecule has 1 heterocycles. The quantitative estimate of drug-likeness (QED) is 0.769. The van der Waals surface area contributed by atoms with Gasteiger partial charge in [0.25, 0.3) is 0 Å². The first-order valence-electron chi connectivity index (χ1n) is 8.45. The fraction of sp³-hybridized carbons (Fsp3) is 0.611. The molecule has 0 saturated carbocycles. The lowest BCUT2D eigenvalue weighted by molar-refractivity contribution is -0.121. The van der Waals surface area contributed by atoms with Gasteiger partial charge in [-0.15, -0.1) is 24.8 Å². The number of nitrogens with one attached hydrogen (secondary N) is 1. The Kier molecular flexibility index (Phi) is 12.1. The van der Waals surface area contributed by atoms with Crippen molar-refractivity contribution in [2.45, 2.75) is 45.7 Å². The van der Waals surface area contributed by atoms with Crippen LogP contribution >= 0.6 is 24.8 Å². The molecule has 6 heteroatoms. The number of halogens is 2. The minimum atomic E-state index is 0. The largest absolute Gasteiger partial charge is 0.352 e. The monoisotopic (exact) mass is 375 g/mol. The Labute approximate surface area is 158 Å². The highest BCUT2D eigenvalue weighted by Gasteiger charge is 2.16. The highest BCUT2D eigenvalue weighted by molar-refractivity contribution is 5.85. The van der Waals surface area contributed by atoms with Gasteiger partial charge in [0, 0.05) is 19.5 Å². The van der Waals surface area contributed by atoms with Crippen LogP contribution in [0.1, 0.15) is 43.7 Å². The van der Waals surface area contributed by atoms with Crippen molar-refractivity contribution in [3.05, 3.63) is 35.4 Å². The zero-order chi connectivity index (χ0) is 15.8. The van der Waals surface area contributed by atoms with Crippen molar-refractivity contribution in [2.75, 3.05) is 19.6 Å². The lowest BCUT2D eigenvalue weighted by Gasteiger charge is -2.30. The Morgan fingerprint density at radius 1 is 1.21 bits per heavy atom. The maximum Gasteiger partial charge on any atom is 0.220 e. The number of amides is 1. The van der Waals surface area contributed by atoms with Crippen LogP contribution in [0.3, 0.4) is 0 Å². The van der Waals surface area contributed by atoms with Gasteiger partial charge in [-0.3, -0.25) is 9.69 Å². The first kappa shape index (κ1) is 23.2. The van der Waals surface area contributed by atoms with Crippen LogP contribution in [0.25, 0.3) is 0 Å². The number of carbonyl (C=O) groups excluding carboxylic acids is 1. The van der Waals surface area contributed by atoms with Gasteiger partial charge in [0.1, 0.15) is 0 Å². The van der Waals surface area contributed by atoms with E-state index in [2.05, 4.69) is 35.3 Å². The van der Waals surface area contributed by atoms with Gasteiger partial charge in [0.2, 0.25) is 5.91 Å². The fourth-order valence-corrected chi connectivity index (χ4v) is 2.89. The lowest BCUT2D eigenvalue weighted by atomic mass is 9.98. The number of rotatable bonds is 7. The van der Waals surface area contributed by atoms with Gasteiger partial charge in [-0.1, -0.05) is 31.2 Å². The number of benzene rings is 1. The van der Waals surface area contributed by atoms with E-state index in [4.69, 9.17) is 5.73 Å². The summed E-state index contributed by atoms with van der Waals surface area (Å²) in [5.41, 5.74) is 7.99. The summed E-state index contributed by atoms with van der Waals surface area (Å²) in [4.78, 5) is 14.3. The number of nitrogens with zero attached hydrogens (tertiary/aromatic N) is 1. The molecule has 2 rings (SSSR count). The van der Waals surface area contributed by atoms with Crippen LogP contribution in [0, 0.1) is 5.92 Å². The number of carbonyl (C=O) groups is 1. The molecular weight excluding hydrogens is 345 g/mol. The van der Waals surface area contributed by atoms with Crippen molar-refractivity contribution in [3.63, 3.8) is 0 Å². The smallest absolute Gasteiger partial charge is 0.220 e. The molecule has 24 heavy (non-hydrogen) atoms. The maximum atomic E-state index is 11.7. The van der Waals surface area contributed by atoms with E-state index in [1.807, 2.05) is 6.07 Å². The molecule has 3 N–H and O–H groups in total. The van der Waals surface area contributed by atoms with Crippen LogP contribution in [0.5, 0.6) is 0 Å². The highest BCUT2D eigenvalue weighted by Crippen LogP contribution is 2.19. The minimum Gasteiger partial charge on any atom is -0.352 e. The summed E-state index contributed by atoms with van der Waals surface area (Å²) in [6.45, 7) is 6.86. The Hall–Kier alpha value is -0.810. The van der Waals surface area contributed by atoms with E-state index in [0.717, 1.165) is 18.9 Å². The summed E-state index contributed by atoms with van der Waals surface area (Å²) in [7, 11) is 0. The molecule has 1 aromatic rings.